The molecule has 0 aliphatic rings. The molecule has 316 valence electrons. The molecule has 68 heavy (non-hydrogen) atoms. The van der Waals surface area contributed by atoms with Crippen LogP contribution in [0.5, 0.6) is 0 Å². The predicted octanol–water partition coefficient (Wildman–Crippen LogP) is 17.6. The van der Waals surface area contributed by atoms with Crippen molar-refractivity contribution >= 4 is 85.8 Å². The first-order chi connectivity index (χ1) is 33.6. The molecule has 14 aromatic rings. The maximum Gasteiger partial charge on any atom is 0.164 e. The van der Waals surface area contributed by atoms with Gasteiger partial charge in [-0.1, -0.05) is 152 Å². The van der Waals surface area contributed by atoms with E-state index in [1.165, 1.54) is 58.2 Å². The molecule has 14 rings (SSSR count). The van der Waals surface area contributed by atoms with E-state index in [0.717, 1.165) is 66.3 Å². The highest BCUT2D eigenvalue weighted by Crippen LogP contribution is 2.41. The van der Waals surface area contributed by atoms with Gasteiger partial charge in [-0.3, -0.25) is 0 Å². The fourth-order valence-electron chi connectivity index (χ4n) is 10.1. The van der Waals surface area contributed by atoms with Crippen LogP contribution in [0.2, 0.25) is 0 Å². The molecule has 0 saturated carbocycles. The van der Waals surface area contributed by atoms with Crippen LogP contribution in [0, 0.1) is 0 Å². The molecule has 0 unspecified atom stereocenters. The molecule has 0 atom stereocenters. The zero-order valence-electron chi connectivity index (χ0n) is 36.5. The van der Waals surface area contributed by atoms with Crippen LogP contribution >= 0.6 is 11.3 Å². The summed E-state index contributed by atoms with van der Waals surface area (Å²) in [7, 11) is 0. The third-order valence-electron chi connectivity index (χ3n) is 13.5. The molecule has 0 aliphatic heterocycles. The quantitative estimate of drug-likeness (QED) is 0.167. The summed E-state index contributed by atoms with van der Waals surface area (Å²) in [5.41, 5.74) is 11.2. The van der Waals surface area contributed by atoms with Crippen molar-refractivity contribution in [2.45, 2.75) is 0 Å². The van der Waals surface area contributed by atoms with Crippen LogP contribution in [-0.2, 0) is 0 Å². The van der Waals surface area contributed by atoms with Crippen molar-refractivity contribution in [2.75, 3.05) is 0 Å². The topological polar surface area (TPSA) is 51.8 Å². The number of nitrogens with zero attached hydrogens (tertiary/aromatic N) is 3. The first-order valence-electron chi connectivity index (χ1n) is 22.9. The standard InChI is InChI=1S/C63H37N3OS/c1-2-12-38(13-3-1)45-32-47(51-21-10-15-39-14-4-5-17-49(39)51)34-48(33-45)63-65-61(64-62(66-63)44-27-29-58-55(35-44)53-18-6-8-22-57(53)67-58)43-26-28-52-41(30-43)16-11-20-50(52)42-25-24-40-37-60-56(36-46(40)31-42)54-19-7-9-23-59(54)68-60/h1-37H. The summed E-state index contributed by atoms with van der Waals surface area (Å²) in [5, 5.41) is 11.8. The third kappa shape index (κ3) is 6.47. The van der Waals surface area contributed by atoms with E-state index in [4.69, 9.17) is 19.4 Å². The lowest BCUT2D eigenvalue weighted by Crippen LogP contribution is -2.01. The van der Waals surface area contributed by atoms with Crippen LogP contribution < -0.4 is 0 Å². The summed E-state index contributed by atoms with van der Waals surface area (Å²) in [6.45, 7) is 0. The minimum atomic E-state index is 0.589. The molecule has 0 fully saturated rings. The van der Waals surface area contributed by atoms with E-state index in [-0.39, 0.29) is 0 Å². The summed E-state index contributed by atoms with van der Waals surface area (Å²) in [6.07, 6.45) is 0. The second-order valence-corrected chi connectivity index (χ2v) is 18.6. The van der Waals surface area contributed by atoms with Gasteiger partial charge in [-0.2, -0.15) is 0 Å². The fraction of sp³-hybridized carbons (Fsp3) is 0. The Bertz CT molecular complexity index is 4330. The number of aromatic nitrogens is 3. The number of thiophene rings is 1. The molecule has 11 aromatic carbocycles. The average molecular weight is 884 g/mol. The Labute approximate surface area is 395 Å². The van der Waals surface area contributed by atoms with Gasteiger partial charge in [-0.15, -0.1) is 11.3 Å². The van der Waals surface area contributed by atoms with Crippen LogP contribution in [0.4, 0.5) is 0 Å². The highest BCUT2D eigenvalue weighted by atomic mass is 32.1. The van der Waals surface area contributed by atoms with Crippen molar-refractivity contribution < 1.29 is 4.42 Å². The van der Waals surface area contributed by atoms with E-state index in [2.05, 4.69) is 200 Å². The maximum absolute atomic E-state index is 6.25. The number of furan rings is 1. The Balaban J connectivity index is 0.943. The van der Waals surface area contributed by atoms with Crippen LogP contribution in [0.15, 0.2) is 229 Å². The van der Waals surface area contributed by atoms with Gasteiger partial charge < -0.3 is 4.42 Å². The van der Waals surface area contributed by atoms with Crippen molar-refractivity contribution in [3.05, 3.63) is 224 Å². The van der Waals surface area contributed by atoms with Crippen LogP contribution in [0.25, 0.3) is 142 Å². The molecule has 0 N–H and O–H groups in total. The van der Waals surface area contributed by atoms with E-state index >= 15 is 0 Å². The zero-order chi connectivity index (χ0) is 44.7. The lowest BCUT2D eigenvalue weighted by Gasteiger charge is -2.14. The van der Waals surface area contributed by atoms with E-state index in [9.17, 15) is 0 Å². The van der Waals surface area contributed by atoms with Gasteiger partial charge in [0.2, 0.25) is 0 Å². The monoisotopic (exact) mass is 883 g/mol. The molecular formula is C63H37N3OS. The largest absolute Gasteiger partial charge is 0.456 e. The molecule has 3 heterocycles. The zero-order valence-corrected chi connectivity index (χ0v) is 37.3. The van der Waals surface area contributed by atoms with E-state index in [1.807, 2.05) is 35.6 Å². The second-order valence-electron chi connectivity index (χ2n) is 17.6. The molecule has 0 aliphatic carbocycles. The lowest BCUT2D eigenvalue weighted by atomic mass is 9.93. The normalized spacial score (nSPS) is 11.8. The Hall–Kier alpha value is -8.77. The van der Waals surface area contributed by atoms with Crippen molar-refractivity contribution in [1.29, 1.82) is 0 Å². The maximum atomic E-state index is 6.25. The Morgan fingerprint density at radius 1 is 0.265 bits per heavy atom. The van der Waals surface area contributed by atoms with Gasteiger partial charge in [0.25, 0.3) is 0 Å². The molecule has 0 saturated heterocycles. The summed E-state index contributed by atoms with van der Waals surface area (Å²) in [6, 6.07) is 80.2. The third-order valence-corrected chi connectivity index (χ3v) is 14.6. The number of hydrogen-bond donors (Lipinski definition) is 0. The summed E-state index contributed by atoms with van der Waals surface area (Å²) >= 11 is 1.86. The molecule has 0 bridgehead atoms. The lowest BCUT2D eigenvalue weighted by molar-refractivity contribution is 0.669. The Morgan fingerprint density at radius 2 is 0.868 bits per heavy atom. The number of fused-ring (bicyclic) bond motifs is 9. The van der Waals surface area contributed by atoms with Gasteiger partial charge in [0.1, 0.15) is 11.2 Å². The SMILES string of the molecule is c1ccc(-c2cc(-c3nc(-c4ccc5c(-c6ccc7cc8sc9ccccc9c8cc7c6)cccc5c4)nc(-c4ccc5oc6ccccc6c5c4)n3)cc(-c3cccc4ccccc34)c2)cc1. The van der Waals surface area contributed by atoms with Crippen molar-refractivity contribution in [3.63, 3.8) is 0 Å². The Morgan fingerprint density at radius 3 is 1.74 bits per heavy atom. The van der Waals surface area contributed by atoms with E-state index in [1.54, 1.807) is 0 Å². The number of benzene rings is 11. The molecule has 0 amide bonds. The highest BCUT2D eigenvalue weighted by Gasteiger charge is 2.18. The Kier molecular flexibility index (Phi) is 8.73. The van der Waals surface area contributed by atoms with E-state index in [0.29, 0.717) is 17.5 Å². The van der Waals surface area contributed by atoms with Crippen molar-refractivity contribution in [2.24, 2.45) is 0 Å². The summed E-state index contributed by atoms with van der Waals surface area (Å²) in [4.78, 5) is 16.0. The number of rotatable bonds is 6. The average Bonchev–Trinajstić information content (AvgIpc) is 3.97. The number of hydrogen-bond acceptors (Lipinski definition) is 5. The van der Waals surface area contributed by atoms with Crippen LogP contribution in [-0.4, -0.2) is 15.0 Å². The van der Waals surface area contributed by atoms with Gasteiger partial charge >= 0.3 is 0 Å². The van der Waals surface area contributed by atoms with Crippen LogP contribution in [0.1, 0.15) is 0 Å². The van der Waals surface area contributed by atoms with Gasteiger partial charge in [0.05, 0.1) is 0 Å². The molecule has 4 nitrogen and oxygen atoms in total. The smallest absolute Gasteiger partial charge is 0.164 e. The second kappa shape index (κ2) is 15.4. The van der Waals surface area contributed by atoms with E-state index < -0.39 is 0 Å². The predicted molar refractivity (Wildman–Crippen MR) is 285 cm³/mol. The minimum Gasteiger partial charge on any atom is -0.456 e. The molecule has 3 aromatic heterocycles. The molecule has 5 heteroatoms. The molecule has 0 radical (unpaired) electrons. The van der Waals surface area contributed by atoms with Crippen molar-refractivity contribution in [1.82, 2.24) is 15.0 Å². The first-order valence-corrected chi connectivity index (χ1v) is 23.7. The summed E-state index contributed by atoms with van der Waals surface area (Å²) in [5.74, 6) is 1.79. The molecular weight excluding hydrogens is 847 g/mol. The van der Waals surface area contributed by atoms with Gasteiger partial charge in [0, 0.05) is 47.6 Å². The van der Waals surface area contributed by atoms with Gasteiger partial charge in [-0.05, 0) is 138 Å². The van der Waals surface area contributed by atoms with Gasteiger partial charge in [-0.25, -0.2) is 15.0 Å². The van der Waals surface area contributed by atoms with Gasteiger partial charge in [0.15, 0.2) is 17.5 Å². The first kappa shape index (κ1) is 38.5. The summed E-state index contributed by atoms with van der Waals surface area (Å²) < 4.78 is 8.89. The fourth-order valence-corrected chi connectivity index (χ4v) is 11.3. The molecule has 0 spiro atoms. The highest BCUT2D eigenvalue weighted by molar-refractivity contribution is 7.25. The minimum absolute atomic E-state index is 0.589. The van der Waals surface area contributed by atoms with Crippen LogP contribution in [0.3, 0.4) is 0 Å². The van der Waals surface area contributed by atoms with Crippen molar-refractivity contribution in [3.8, 4) is 67.5 Å². The number of para-hydroxylation sites is 1.